The second kappa shape index (κ2) is 8.84. The van der Waals surface area contributed by atoms with Crippen molar-refractivity contribution in [2.75, 3.05) is 19.3 Å². The molecule has 0 radical (unpaired) electrons. The van der Waals surface area contributed by atoms with Crippen LogP contribution in [0, 0.1) is 6.92 Å². The summed E-state index contributed by atoms with van der Waals surface area (Å²) in [6.07, 6.45) is -0.616. The van der Waals surface area contributed by atoms with Gasteiger partial charge in [-0.15, -0.1) is 0 Å². The second-order valence-electron chi connectivity index (χ2n) is 5.39. The minimum atomic E-state index is -0.616. The van der Waals surface area contributed by atoms with Crippen LogP contribution in [0.25, 0.3) is 0 Å². The van der Waals surface area contributed by atoms with Crippen LogP contribution in [0.2, 0.25) is 0 Å². The molecule has 0 aliphatic rings. The molecule has 2 aromatic carbocycles. The van der Waals surface area contributed by atoms with Gasteiger partial charge in [-0.1, -0.05) is 53.2 Å². The van der Waals surface area contributed by atoms with Crippen LogP contribution in [-0.4, -0.2) is 26.0 Å². The van der Waals surface area contributed by atoms with Gasteiger partial charge in [0.15, 0.2) is 0 Å². The van der Waals surface area contributed by atoms with Gasteiger partial charge in [0.05, 0.1) is 25.6 Å². The first-order valence-electron chi connectivity index (χ1n) is 7.80. The highest BCUT2D eigenvalue weighted by molar-refractivity contribution is 5.98. The Morgan fingerprint density at radius 2 is 1.76 bits per heavy atom. The number of hydrogen-bond acceptors (Lipinski definition) is 5. The largest absolute Gasteiger partial charge is 0.451 e. The molecule has 0 bridgehead atoms. The number of para-hydroxylation sites is 1. The fraction of sp³-hybridized carbons (Fsp3) is 0.263. The third-order valence-electron chi connectivity index (χ3n) is 3.62. The monoisotopic (exact) mass is 342 g/mol. The van der Waals surface area contributed by atoms with Crippen LogP contribution in [0.3, 0.4) is 0 Å². The summed E-state index contributed by atoms with van der Waals surface area (Å²) in [4.78, 5) is 22.4. The fourth-order valence-corrected chi connectivity index (χ4v) is 2.23. The van der Waals surface area contributed by atoms with Crippen LogP contribution < -0.4 is 5.06 Å². The zero-order chi connectivity index (χ0) is 18.2. The molecule has 0 aliphatic carbocycles. The number of aryl methyl sites for hydroxylation is 1. The highest BCUT2D eigenvalue weighted by atomic mass is 16.7. The van der Waals surface area contributed by atoms with Crippen molar-refractivity contribution in [2.24, 2.45) is 5.16 Å². The molecule has 6 heteroatoms. The first kappa shape index (κ1) is 18.5. The Morgan fingerprint density at radius 3 is 2.40 bits per heavy atom. The number of rotatable bonds is 6. The Labute approximate surface area is 147 Å². The SMILES string of the molecule is COC(=O)N(OC)c1ccccc1CON=C(C)c1ccc(C)cc1. The lowest BCUT2D eigenvalue weighted by atomic mass is 10.1. The van der Waals surface area contributed by atoms with Crippen molar-refractivity contribution in [1.82, 2.24) is 0 Å². The predicted molar refractivity (Wildman–Crippen MR) is 96.5 cm³/mol. The molecular weight excluding hydrogens is 320 g/mol. The van der Waals surface area contributed by atoms with Gasteiger partial charge in [0, 0.05) is 5.56 Å². The molecule has 0 heterocycles. The molecule has 0 aliphatic heterocycles. The third-order valence-corrected chi connectivity index (χ3v) is 3.62. The van der Waals surface area contributed by atoms with E-state index in [0.717, 1.165) is 21.9 Å². The molecule has 6 nitrogen and oxygen atoms in total. The van der Waals surface area contributed by atoms with Gasteiger partial charge in [-0.05, 0) is 25.5 Å². The number of carbonyl (C=O) groups is 1. The summed E-state index contributed by atoms with van der Waals surface area (Å²) in [5, 5.41) is 5.22. The number of methoxy groups -OCH3 is 1. The van der Waals surface area contributed by atoms with E-state index in [0.29, 0.717) is 5.69 Å². The molecule has 0 aromatic heterocycles. The predicted octanol–water partition coefficient (Wildman–Crippen LogP) is 4.07. The van der Waals surface area contributed by atoms with Crippen molar-refractivity contribution in [3.05, 3.63) is 65.2 Å². The lowest BCUT2D eigenvalue weighted by molar-refractivity contribution is 0.111. The smallest absolute Gasteiger partial charge is 0.438 e. The van der Waals surface area contributed by atoms with Gasteiger partial charge in [0.2, 0.25) is 0 Å². The quantitative estimate of drug-likeness (QED) is 0.586. The molecule has 0 saturated heterocycles. The number of ether oxygens (including phenoxy) is 1. The number of carbonyl (C=O) groups excluding carboxylic acids is 1. The number of hydrogen-bond donors (Lipinski definition) is 0. The second-order valence-corrected chi connectivity index (χ2v) is 5.39. The molecule has 0 saturated carbocycles. The van der Waals surface area contributed by atoms with Gasteiger partial charge in [-0.25, -0.2) is 4.79 Å². The van der Waals surface area contributed by atoms with E-state index in [4.69, 9.17) is 14.4 Å². The van der Waals surface area contributed by atoms with Crippen LogP contribution in [0.15, 0.2) is 53.7 Å². The molecule has 2 aromatic rings. The highest BCUT2D eigenvalue weighted by Gasteiger charge is 2.19. The van der Waals surface area contributed by atoms with Crippen molar-refractivity contribution in [2.45, 2.75) is 20.5 Å². The minimum absolute atomic E-state index is 0.191. The van der Waals surface area contributed by atoms with E-state index in [-0.39, 0.29) is 6.61 Å². The lowest BCUT2D eigenvalue weighted by Gasteiger charge is -2.20. The van der Waals surface area contributed by atoms with E-state index >= 15 is 0 Å². The van der Waals surface area contributed by atoms with Gasteiger partial charge in [0.1, 0.15) is 6.61 Å². The molecule has 0 spiro atoms. The average molecular weight is 342 g/mol. The number of nitrogens with zero attached hydrogens (tertiary/aromatic N) is 2. The molecule has 1 amide bonds. The third kappa shape index (κ3) is 4.81. The summed E-state index contributed by atoms with van der Waals surface area (Å²) in [6, 6.07) is 15.3. The normalized spacial score (nSPS) is 11.1. The maximum absolute atomic E-state index is 11.8. The summed E-state index contributed by atoms with van der Waals surface area (Å²) in [5.41, 5.74) is 4.24. The zero-order valence-electron chi connectivity index (χ0n) is 14.9. The van der Waals surface area contributed by atoms with E-state index < -0.39 is 6.09 Å². The molecule has 2 rings (SSSR count). The molecule has 0 fully saturated rings. The van der Waals surface area contributed by atoms with Crippen molar-refractivity contribution in [1.29, 1.82) is 0 Å². The Kier molecular flexibility index (Phi) is 6.54. The number of oxime groups is 1. The minimum Gasteiger partial charge on any atom is -0.451 e. The van der Waals surface area contributed by atoms with Gasteiger partial charge < -0.3 is 9.57 Å². The van der Waals surface area contributed by atoms with Crippen LogP contribution in [0.1, 0.15) is 23.6 Å². The summed E-state index contributed by atoms with van der Waals surface area (Å²) >= 11 is 0. The maximum atomic E-state index is 11.8. The topological polar surface area (TPSA) is 60.4 Å². The molecule has 25 heavy (non-hydrogen) atoms. The van der Waals surface area contributed by atoms with E-state index in [9.17, 15) is 4.79 Å². The Balaban J connectivity index is 2.12. The Morgan fingerprint density at radius 1 is 1.08 bits per heavy atom. The van der Waals surface area contributed by atoms with Crippen molar-refractivity contribution < 1.29 is 19.2 Å². The lowest BCUT2D eigenvalue weighted by Crippen LogP contribution is -2.30. The average Bonchev–Trinajstić information content (AvgIpc) is 2.63. The van der Waals surface area contributed by atoms with Crippen LogP contribution in [0.5, 0.6) is 0 Å². The number of anilines is 1. The molecule has 132 valence electrons. The van der Waals surface area contributed by atoms with E-state index in [1.807, 2.05) is 50.2 Å². The molecule has 0 N–H and O–H groups in total. The van der Waals surface area contributed by atoms with Crippen LogP contribution in [0.4, 0.5) is 10.5 Å². The number of amides is 1. The molecular formula is C19H22N2O4. The summed E-state index contributed by atoms with van der Waals surface area (Å²) in [6.45, 7) is 4.11. The van der Waals surface area contributed by atoms with Crippen LogP contribution in [-0.2, 0) is 21.0 Å². The standard InChI is InChI=1S/C19H22N2O4/c1-14-9-11-16(12-10-14)15(2)20-25-13-17-7-5-6-8-18(17)21(24-4)19(22)23-3/h5-12H,13H2,1-4H3. The van der Waals surface area contributed by atoms with Gasteiger partial charge in [-0.2, -0.15) is 5.06 Å². The van der Waals surface area contributed by atoms with E-state index in [1.165, 1.54) is 19.8 Å². The van der Waals surface area contributed by atoms with Gasteiger partial charge >= 0.3 is 6.09 Å². The van der Waals surface area contributed by atoms with Crippen molar-refractivity contribution in [3.63, 3.8) is 0 Å². The van der Waals surface area contributed by atoms with Crippen LogP contribution >= 0.6 is 0 Å². The highest BCUT2D eigenvalue weighted by Crippen LogP contribution is 2.22. The summed E-state index contributed by atoms with van der Waals surface area (Å²) in [5.74, 6) is 0. The van der Waals surface area contributed by atoms with Crippen molar-refractivity contribution in [3.8, 4) is 0 Å². The van der Waals surface area contributed by atoms with Gasteiger partial charge in [-0.3, -0.25) is 4.84 Å². The number of hydroxylamine groups is 1. The first-order chi connectivity index (χ1) is 12.1. The summed E-state index contributed by atoms with van der Waals surface area (Å²) in [7, 11) is 2.69. The van der Waals surface area contributed by atoms with E-state index in [1.54, 1.807) is 12.1 Å². The fourth-order valence-electron chi connectivity index (χ4n) is 2.23. The van der Waals surface area contributed by atoms with Crippen molar-refractivity contribution >= 4 is 17.5 Å². The molecule has 0 atom stereocenters. The first-order valence-corrected chi connectivity index (χ1v) is 7.80. The maximum Gasteiger partial charge on any atom is 0.438 e. The Hall–Kier alpha value is -2.86. The van der Waals surface area contributed by atoms with Gasteiger partial charge in [0.25, 0.3) is 0 Å². The summed E-state index contributed by atoms with van der Waals surface area (Å²) < 4.78 is 4.72. The number of benzene rings is 2. The van der Waals surface area contributed by atoms with E-state index in [2.05, 4.69) is 5.16 Å². The Bertz CT molecular complexity index is 741. The molecule has 0 unspecified atom stereocenters. The zero-order valence-corrected chi connectivity index (χ0v) is 14.9.